The lowest BCUT2D eigenvalue weighted by atomic mass is 10.1. The first kappa shape index (κ1) is 24.1. The average Bonchev–Trinajstić information content (AvgIpc) is 3.49. The summed E-state index contributed by atoms with van der Waals surface area (Å²) in [6.07, 6.45) is 9.08. The number of nitrogen functional groups attached to an aromatic ring is 1. The number of pyridine rings is 2. The molecule has 1 amide bonds. The fourth-order valence-corrected chi connectivity index (χ4v) is 4.16. The monoisotopic (exact) mass is 496 g/mol. The van der Waals surface area contributed by atoms with E-state index in [1.54, 1.807) is 24.2 Å². The Labute approximate surface area is 214 Å². The van der Waals surface area contributed by atoms with Gasteiger partial charge in [-0.05, 0) is 47.2 Å². The number of carbonyl (C=O) groups excluding carboxylic acids is 1. The molecule has 0 aliphatic rings. The lowest BCUT2D eigenvalue weighted by Crippen LogP contribution is -2.23. The van der Waals surface area contributed by atoms with E-state index in [-0.39, 0.29) is 12.5 Å². The highest BCUT2D eigenvalue weighted by Gasteiger charge is 2.17. The summed E-state index contributed by atoms with van der Waals surface area (Å²) in [4.78, 5) is 21.7. The summed E-state index contributed by atoms with van der Waals surface area (Å²) in [5, 5.41) is 13.7. The predicted octanol–water partition coefficient (Wildman–Crippen LogP) is 3.09. The van der Waals surface area contributed by atoms with Crippen LogP contribution in [0.15, 0.2) is 67.4 Å². The maximum absolute atomic E-state index is 13.0. The van der Waals surface area contributed by atoms with Crippen molar-refractivity contribution >= 4 is 22.5 Å². The molecule has 0 radical (unpaired) electrons. The lowest BCUT2D eigenvalue weighted by molar-refractivity contribution is 0.0946. The molecule has 0 atom stereocenters. The molecule has 5 rings (SSSR count). The summed E-state index contributed by atoms with van der Waals surface area (Å²) in [5.74, 6) is 0.271. The van der Waals surface area contributed by atoms with Gasteiger partial charge in [-0.3, -0.25) is 19.1 Å². The fraction of sp³-hybridized carbons (Fsp3) is 0.222. The van der Waals surface area contributed by atoms with Crippen molar-refractivity contribution in [3.05, 3.63) is 101 Å². The van der Waals surface area contributed by atoms with Gasteiger partial charge >= 0.3 is 0 Å². The number of rotatable bonds is 9. The molecular formula is C27H28N8O2. The van der Waals surface area contributed by atoms with Gasteiger partial charge in [0, 0.05) is 43.8 Å². The molecule has 0 spiro atoms. The van der Waals surface area contributed by atoms with Crippen LogP contribution in [0.2, 0.25) is 0 Å². The number of benzene rings is 1. The summed E-state index contributed by atoms with van der Waals surface area (Å²) in [6.45, 7) is 3.71. The Hall–Kier alpha value is -4.57. The number of fused-ring (bicyclic) bond motifs is 1. The van der Waals surface area contributed by atoms with Crippen LogP contribution < -0.4 is 11.1 Å². The smallest absolute Gasteiger partial charge is 0.255 e. The van der Waals surface area contributed by atoms with Crippen LogP contribution in [-0.4, -0.2) is 42.5 Å². The van der Waals surface area contributed by atoms with E-state index in [2.05, 4.69) is 25.5 Å². The number of methoxy groups -OCH3 is 1. The largest absolute Gasteiger partial charge is 0.383 e. The minimum absolute atomic E-state index is 0.217. The topological polar surface area (TPSA) is 126 Å². The van der Waals surface area contributed by atoms with Gasteiger partial charge in [0.25, 0.3) is 5.91 Å². The van der Waals surface area contributed by atoms with Gasteiger partial charge in [0.2, 0.25) is 0 Å². The zero-order valence-electron chi connectivity index (χ0n) is 20.8. The van der Waals surface area contributed by atoms with Gasteiger partial charge in [0.05, 0.1) is 37.2 Å². The van der Waals surface area contributed by atoms with E-state index in [1.165, 1.54) is 0 Å². The Kier molecular flexibility index (Phi) is 6.91. The van der Waals surface area contributed by atoms with Crippen LogP contribution in [0.4, 0.5) is 5.82 Å². The standard InChI is InChI=1S/C27H28N8O2/c1-18-10-32-34(13-18)14-20-3-5-22(30-12-20)15-35-16-24(25(33-35)17-37-2)27(36)31-11-19-4-6-23-21(9-19)7-8-29-26(23)28/h3-10,12-13,16H,11,14-15,17H2,1-2H3,(H2,28,29)(H,31,36). The molecule has 4 heterocycles. The minimum Gasteiger partial charge on any atom is -0.383 e. The first-order valence-corrected chi connectivity index (χ1v) is 11.9. The molecule has 0 bridgehead atoms. The molecule has 10 nitrogen and oxygen atoms in total. The lowest BCUT2D eigenvalue weighted by Gasteiger charge is -2.07. The third-order valence-electron chi connectivity index (χ3n) is 5.99. The van der Waals surface area contributed by atoms with Crippen LogP contribution in [0.3, 0.4) is 0 Å². The average molecular weight is 497 g/mol. The van der Waals surface area contributed by atoms with Gasteiger partial charge in [-0.1, -0.05) is 18.2 Å². The summed E-state index contributed by atoms with van der Waals surface area (Å²) in [7, 11) is 1.58. The molecule has 0 aliphatic heterocycles. The van der Waals surface area contributed by atoms with Gasteiger partial charge in [0.1, 0.15) is 11.5 Å². The van der Waals surface area contributed by atoms with E-state index in [4.69, 9.17) is 10.5 Å². The second-order valence-electron chi connectivity index (χ2n) is 8.93. The van der Waals surface area contributed by atoms with Crippen LogP contribution in [0.5, 0.6) is 0 Å². The number of carbonyl (C=O) groups is 1. The second-order valence-corrected chi connectivity index (χ2v) is 8.93. The van der Waals surface area contributed by atoms with Crippen molar-refractivity contribution in [3.8, 4) is 0 Å². The van der Waals surface area contributed by atoms with Crippen molar-refractivity contribution in [2.24, 2.45) is 0 Å². The Bertz CT molecular complexity index is 1540. The Balaban J connectivity index is 1.26. The van der Waals surface area contributed by atoms with Crippen LogP contribution >= 0.6 is 0 Å². The van der Waals surface area contributed by atoms with Gasteiger partial charge in [-0.15, -0.1) is 0 Å². The maximum atomic E-state index is 13.0. The van der Waals surface area contributed by atoms with Crippen LogP contribution in [0, 0.1) is 6.92 Å². The number of aryl methyl sites for hydroxylation is 1. The molecule has 188 valence electrons. The first-order chi connectivity index (χ1) is 18.0. The van der Waals surface area contributed by atoms with E-state index in [9.17, 15) is 4.79 Å². The van der Waals surface area contributed by atoms with Crippen molar-refractivity contribution < 1.29 is 9.53 Å². The Morgan fingerprint density at radius 3 is 2.65 bits per heavy atom. The molecule has 0 aliphatic carbocycles. The fourth-order valence-electron chi connectivity index (χ4n) is 4.16. The van der Waals surface area contributed by atoms with Crippen molar-refractivity contribution in [1.82, 2.24) is 34.8 Å². The molecule has 0 unspecified atom stereocenters. The molecule has 5 aromatic rings. The number of nitrogens with two attached hydrogens (primary N) is 1. The molecule has 1 aromatic carbocycles. The first-order valence-electron chi connectivity index (χ1n) is 11.9. The molecule has 37 heavy (non-hydrogen) atoms. The van der Waals surface area contributed by atoms with Crippen LogP contribution in [0.1, 0.15) is 38.4 Å². The van der Waals surface area contributed by atoms with E-state index >= 15 is 0 Å². The molecule has 0 saturated carbocycles. The Morgan fingerprint density at radius 1 is 1.03 bits per heavy atom. The van der Waals surface area contributed by atoms with Gasteiger partial charge in [0.15, 0.2) is 0 Å². The zero-order chi connectivity index (χ0) is 25.8. The highest BCUT2D eigenvalue weighted by molar-refractivity contribution is 5.95. The molecule has 4 aromatic heterocycles. The van der Waals surface area contributed by atoms with E-state index in [1.807, 2.05) is 66.6 Å². The highest BCUT2D eigenvalue weighted by Crippen LogP contribution is 2.20. The number of nitrogens with zero attached hydrogens (tertiary/aromatic N) is 6. The van der Waals surface area contributed by atoms with E-state index in [0.717, 1.165) is 33.2 Å². The number of ether oxygens (including phenoxy) is 1. The summed E-state index contributed by atoms with van der Waals surface area (Å²) >= 11 is 0. The highest BCUT2D eigenvalue weighted by atomic mass is 16.5. The van der Waals surface area contributed by atoms with Gasteiger partial charge < -0.3 is 15.8 Å². The molecule has 0 fully saturated rings. The van der Waals surface area contributed by atoms with Crippen molar-refractivity contribution in [2.75, 3.05) is 12.8 Å². The predicted molar refractivity (Wildman–Crippen MR) is 140 cm³/mol. The SMILES string of the molecule is COCc1nn(Cc2ccc(Cn3cc(C)cn3)cn2)cc1C(=O)NCc1ccc2c(N)nccc2c1. The summed E-state index contributed by atoms with van der Waals surface area (Å²) in [5.41, 5.74) is 11.0. The number of hydrogen-bond acceptors (Lipinski definition) is 7. The molecule has 0 saturated heterocycles. The number of nitrogens with one attached hydrogen (secondary N) is 1. The number of anilines is 1. The minimum atomic E-state index is -0.217. The third-order valence-corrected chi connectivity index (χ3v) is 5.99. The zero-order valence-corrected chi connectivity index (χ0v) is 20.8. The summed E-state index contributed by atoms with van der Waals surface area (Å²) in [6, 6.07) is 11.7. The summed E-state index contributed by atoms with van der Waals surface area (Å²) < 4.78 is 8.88. The molecular weight excluding hydrogens is 468 g/mol. The Morgan fingerprint density at radius 2 is 1.89 bits per heavy atom. The van der Waals surface area contributed by atoms with Crippen molar-refractivity contribution in [1.29, 1.82) is 0 Å². The number of amides is 1. The van der Waals surface area contributed by atoms with Gasteiger partial charge in [-0.25, -0.2) is 4.98 Å². The van der Waals surface area contributed by atoms with Crippen LogP contribution in [-0.2, 0) is 31.0 Å². The molecule has 10 heteroatoms. The van der Waals surface area contributed by atoms with E-state index < -0.39 is 0 Å². The third kappa shape index (κ3) is 5.65. The number of aromatic nitrogens is 6. The number of hydrogen-bond donors (Lipinski definition) is 2. The quantitative estimate of drug-likeness (QED) is 0.321. The van der Waals surface area contributed by atoms with Crippen LogP contribution in [0.25, 0.3) is 10.8 Å². The van der Waals surface area contributed by atoms with Crippen molar-refractivity contribution in [2.45, 2.75) is 33.2 Å². The van der Waals surface area contributed by atoms with Gasteiger partial charge in [-0.2, -0.15) is 10.2 Å². The second kappa shape index (κ2) is 10.6. The molecule has 3 N–H and O–H groups in total. The maximum Gasteiger partial charge on any atom is 0.255 e. The normalized spacial score (nSPS) is 11.2. The van der Waals surface area contributed by atoms with E-state index in [0.29, 0.717) is 36.7 Å². The van der Waals surface area contributed by atoms with Crippen molar-refractivity contribution in [3.63, 3.8) is 0 Å².